The fraction of sp³-hybridized carbons (Fsp3) is 0.700. The van der Waals surface area contributed by atoms with Crippen LogP contribution in [-0.4, -0.2) is 23.5 Å². The van der Waals surface area contributed by atoms with Crippen LogP contribution in [0.2, 0.25) is 0 Å². The molecule has 2 nitrogen and oxygen atoms in total. The van der Waals surface area contributed by atoms with Gasteiger partial charge in [0.25, 0.3) is 0 Å². The Balaban J connectivity index is 2.13. The fourth-order valence-corrected chi connectivity index (χ4v) is 2.63. The van der Waals surface area contributed by atoms with Crippen molar-refractivity contribution in [2.45, 2.75) is 31.4 Å². The van der Waals surface area contributed by atoms with Crippen LogP contribution < -0.4 is 5.32 Å². The van der Waals surface area contributed by atoms with E-state index in [2.05, 4.69) is 5.32 Å². The van der Waals surface area contributed by atoms with E-state index in [0.717, 1.165) is 6.54 Å². The summed E-state index contributed by atoms with van der Waals surface area (Å²) < 4.78 is 0. The van der Waals surface area contributed by atoms with Crippen molar-refractivity contribution in [2.24, 2.45) is 0 Å². The molecule has 1 aliphatic heterocycles. The van der Waals surface area contributed by atoms with Gasteiger partial charge in [-0.2, -0.15) is 11.8 Å². The first-order chi connectivity index (χ1) is 6.33. The van der Waals surface area contributed by atoms with Gasteiger partial charge in [0.1, 0.15) is 0 Å². The largest absolute Gasteiger partial charge is 0.351 e. The smallest absolute Gasteiger partial charge is 0.243 e. The highest BCUT2D eigenvalue weighted by molar-refractivity contribution is 7.99. The molecule has 0 aromatic heterocycles. The van der Waals surface area contributed by atoms with Gasteiger partial charge in [-0.25, -0.2) is 0 Å². The number of thioether (sulfide) groups is 1. The van der Waals surface area contributed by atoms with E-state index in [4.69, 9.17) is 0 Å². The van der Waals surface area contributed by atoms with Gasteiger partial charge in [-0.15, -0.1) is 0 Å². The van der Waals surface area contributed by atoms with E-state index >= 15 is 0 Å². The van der Waals surface area contributed by atoms with Gasteiger partial charge in [0.15, 0.2) is 0 Å². The molecule has 0 bridgehead atoms. The Hall–Kier alpha value is -0.440. The summed E-state index contributed by atoms with van der Waals surface area (Å²) in [4.78, 5) is 11.1. The number of rotatable bonds is 3. The van der Waals surface area contributed by atoms with E-state index < -0.39 is 0 Å². The molecule has 3 heteroatoms. The normalized spacial score (nSPS) is 23.3. The number of nitrogens with one attached hydrogen (secondary N) is 1. The summed E-state index contributed by atoms with van der Waals surface area (Å²) in [6, 6.07) is 0. The van der Waals surface area contributed by atoms with E-state index in [1.165, 1.54) is 25.0 Å². The Kier molecular flexibility index (Phi) is 4.98. The van der Waals surface area contributed by atoms with Gasteiger partial charge in [-0.3, -0.25) is 4.79 Å². The zero-order valence-electron chi connectivity index (χ0n) is 8.08. The van der Waals surface area contributed by atoms with Crippen LogP contribution in [0.15, 0.2) is 12.2 Å². The summed E-state index contributed by atoms with van der Waals surface area (Å²) in [6.45, 7) is 2.68. The highest BCUT2D eigenvalue weighted by Crippen LogP contribution is 2.24. The first kappa shape index (κ1) is 10.6. The second kappa shape index (κ2) is 6.08. The van der Waals surface area contributed by atoms with Crippen LogP contribution in [0.5, 0.6) is 0 Å². The lowest BCUT2D eigenvalue weighted by atomic mass is 10.2. The average Bonchev–Trinajstić information content (AvgIpc) is 2.17. The molecule has 0 aromatic rings. The Morgan fingerprint density at radius 1 is 1.62 bits per heavy atom. The molecular weight excluding hydrogens is 182 g/mol. The average molecular weight is 199 g/mol. The molecular formula is C10H17NOS. The second-order valence-corrected chi connectivity index (χ2v) is 4.64. The van der Waals surface area contributed by atoms with Gasteiger partial charge in [0.05, 0.1) is 0 Å². The van der Waals surface area contributed by atoms with Crippen molar-refractivity contribution in [3.05, 3.63) is 12.2 Å². The number of hydrogen-bond acceptors (Lipinski definition) is 2. The molecule has 1 unspecified atom stereocenters. The summed E-state index contributed by atoms with van der Waals surface area (Å²) in [5, 5.41) is 3.55. The highest BCUT2D eigenvalue weighted by Gasteiger charge is 2.13. The molecule has 0 radical (unpaired) electrons. The SMILES string of the molecule is C/C=C/C(=O)NCC1CCCCS1. The Labute approximate surface area is 84.2 Å². The van der Waals surface area contributed by atoms with Gasteiger partial charge in [-0.05, 0) is 31.6 Å². The monoisotopic (exact) mass is 199 g/mol. The van der Waals surface area contributed by atoms with E-state index in [1.54, 1.807) is 12.2 Å². The Bertz CT molecular complexity index is 185. The predicted molar refractivity (Wildman–Crippen MR) is 57.9 cm³/mol. The summed E-state index contributed by atoms with van der Waals surface area (Å²) >= 11 is 1.98. The quantitative estimate of drug-likeness (QED) is 0.704. The van der Waals surface area contributed by atoms with Crippen LogP contribution >= 0.6 is 11.8 Å². The van der Waals surface area contributed by atoms with Crippen molar-refractivity contribution < 1.29 is 4.79 Å². The highest BCUT2D eigenvalue weighted by atomic mass is 32.2. The third-order valence-electron chi connectivity index (χ3n) is 2.10. The number of allylic oxidation sites excluding steroid dienone is 1. The maximum Gasteiger partial charge on any atom is 0.243 e. The van der Waals surface area contributed by atoms with Gasteiger partial charge in [0, 0.05) is 11.8 Å². The molecule has 1 atom stereocenters. The van der Waals surface area contributed by atoms with Crippen LogP contribution in [0.3, 0.4) is 0 Å². The Morgan fingerprint density at radius 3 is 3.08 bits per heavy atom. The number of carbonyl (C=O) groups is 1. The van der Waals surface area contributed by atoms with Gasteiger partial charge in [-0.1, -0.05) is 12.5 Å². The first-order valence-corrected chi connectivity index (χ1v) is 5.90. The second-order valence-electron chi connectivity index (χ2n) is 3.23. The molecule has 0 saturated carbocycles. The molecule has 0 aromatic carbocycles. The minimum atomic E-state index is 0.0358. The number of carbonyl (C=O) groups excluding carboxylic acids is 1. The van der Waals surface area contributed by atoms with Crippen LogP contribution in [0.4, 0.5) is 0 Å². The molecule has 1 N–H and O–H groups in total. The van der Waals surface area contributed by atoms with Crippen molar-refractivity contribution in [3.8, 4) is 0 Å². The number of hydrogen-bond donors (Lipinski definition) is 1. The summed E-state index contributed by atoms with van der Waals surface area (Å²) in [5.41, 5.74) is 0. The first-order valence-electron chi connectivity index (χ1n) is 4.85. The zero-order valence-corrected chi connectivity index (χ0v) is 8.90. The molecule has 1 aliphatic rings. The summed E-state index contributed by atoms with van der Waals surface area (Å²) in [7, 11) is 0. The van der Waals surface area contributed by atoms with E-state index in [9.17, 15) is 4.79 Å². The van der Waals surface area contributed by atoms with Crippen LogP contribution in [0, 0.1) is 0 Å². The summed E-state index contributed by atoms with van der Waals surface area (Å²) in [6.07, 6.45) is 7.25. The third-order valence-corrected chi connectivity index (χ3v) is 3.49. The van der Waals surface area contributed by atoms with E-state index in [1.807, 2.05) is 18.7 Å². The summed E-state index contributed by atoms with van der Waals surface area (Å²) in [5.74, 6) is 1.29. The molecule has 74 valence electrons. The topological polar surface area (TPSA) is 29.1 Å². The molecule has 1 saturated heterocycles. The van der Waals surface area contributed by atoms with E-state index in [-0.39, 0.29) is 5.91 Å². The van der Waals surface area contributed by atoms with Gasteiger partial charge < -0.3 is 5.32 Å². The van der Waals surface area contributed by atoms with Gasteiger partial charge >= 0.3 is 0 Å². The maximum atomic E-state index is 11.1. The Morgan fingerprint density at radius 2 is 2.46 bits per heavy atom. The van der Waals surface area contributed by atoms with Crippen molar-refractivity contribution >= 4 is 17.7 Å². The standard InChI is InChI=1S/C10H17NOS/c1-2-5-10(12)11-8-9-6-3-4-7-13-9/h2,5,9H,3-4,6-8H2,1H3,(H,11,12)/b5-2+. The maximum absolute atomic E-state index is 11.1. The minimum absolute atomic E-state index is 0.0358. The number of amides is 1. The molecule has 0 spiro atoms. The molecule has 1 amide bonds. The lowest BCUT2D eigenvalue weighted by molar-refractivity contribution is -0.116. The van der Waals surface area contributed by atoms with Crippen LogP contribution in [0.25, 0.3) is 0 Å². The minimum Gasteiger partial charge on any atom is -0.351 e. The lowest BCUT2D eigenvalue weighted by Crippen LogP contribution is -2.30. The van der Waals surface area contributed by atoms with E-state index in [0.29, 0.717) is 5.25 Å². The molecule has 1 heterocycles. The lowest BCUT2D eigenvalue weighted by Gasteiger charge is -2.20. The molecule has 13 heavy (non-hydrogen) atoms. The third kappa shape index (κ3) is 4.36. The predicted octanol–water partition coefficient (Wildman–Crippen LogP) is 1.96. The van der Waals surface area contributed by atoms with Crippen molar-refractivity contribution in [1.29, 1.82) is 0 Å². The zero-order chi connectivity index (χ0) is 9.52. The molecule has 1 fully saturated rings. The van der Waals surface area contributed by atoms with Crippen molar-refractivity contribution in [2.75, 3.05) is 12.3 Å². The van der Waals surface area contributed by atoms with Crippen LogP contribution in [0.1, 0.15) is 26.2 Å². The fourth-order valence-electron chi connectivity index (χ4n) is 1.39. The van der Waals surface area contributed by atoms with Crippen LogP contribution in [-0.2, 0) is 4.79 Å². The van der Waals surface area contributed by atoms with Crippen molar-refractivity contribution in [1.82, 2.24) is 5.32 Å². The van der Waals surface area contributed by atoms with Gasteiger partial charge in [0.2, 0.25) is 5.91 Å². The van der Waals surface area contributed by atoms with Crippen molar-refractivity contribution in [3.63, 3.8) is 0 Å². The molecule has 1 rings (SSSR count). The molecule has 0 aliphatic carbocycles.